The lowest BCUT2D eigenvalue weighted by Gasteiger charge is -2.16. The molecule has 0 aliphatic rings. The molecule has 114 valence electrons. The number of sulfonamides is 1. The van der Waals surface area contributed by atoms with Crippen molar-refractivity contribution in [2.24, 2.45) is 7.05 Å². The van der Waals surface area contributed by atoms with Crippen molar-refractivity contribution in [3.05, 3.63) is 47.4 Å². The molecule has 0 aliphatic carbocycles. The number of methoxy groups -OCH3 is 1. The highest BCUT2D eigenvalue weighted by molar-refractivity contribution is 7.89. The maximum absolute atomic E-state index is 12.1. The molecule has 1 aromatic carbocycles. The Labute approximate surface area is 128 Å². The van der Waals surface area contributed by atoms with Crippen molar-refractivity contribution in [3.8, 4) is 0 Å². The predicted molar refractivity (Wildman–Crippen MR) is 79.6 cm³/mol. The topological polar surface area (TPSA) is 73.2 Å². The highest BCUT2D eigenvalue weighted by Crippen LogP contribution is 2.19. The van der Waals surface area contributed by atoms with Gasteiger partial charge in [0, 0.05) is 31.9 Å². The standard InChI is InChI=1S/C13H16ClN3O3S/c1-17-8-13(15-9-17)21(18,19)16-7-12(20-2)10-3-5-11(14)6-4-10/h3-6,8-9,12,16H,7H2,1-2H3/t12-/m1/s1. The van der Waals surface area contributed by atoms with Gasteiger partial charge in [-0.05, 0) is 17.7 Å². The first-order valence-corrected chi connectivity index (χ1v) is 8.04. The van der Waals surface area contributed by atoms with E-state index in [1.165, 1.54) is 19.6 Å². The highest BCUT2D eigenvalue weighted by atomic mass is 35.5. The molecule has 0 unspecified atom stereocenters. The van der Waals surface area contributed by atoms with Gasteiger partial charge in [0.2, 0.25) is 0 Å². The van der Waals surface area contributed by atoms with Crippen molar-refractivity contribution in [2.75, 3.05) is 13.7 Å². The normalized spacial score (nSPS) is 13.3. The Balaban J connectivity index is 2.08. The molecule has 1 aromatic heterocycles. The van der Waals surface area contributed by atoms with Crippen LogP contribution in [0.1, 0.15) is 11.7 Å². The molecule has 1 heterocycles. The van der Waals surface area contributed by atoms with Crippen LogP contribution in [0.25, 0.3) is 0 Å². The number of halogens is 1. The molecule has 2 rings (SSSR count). The van der Waals surface area contributed by atoms with Crippen molar-refractivity contribution in [2.45, 2.75) is 11.1 Å². The van der Waals surface area contributed by atoms with Crippen LogP contribution in [0.5, 0.6) is 0 Å². The van der Waals surface area contributed by atoms with Gasteiger partial charge in [0.1, 0.15) is 0 Å². The zero-order chi connectivity index (χ0) is 15.5. The molecule has 8 heteroatoms. The third-order valence-corrected chi connectivity index (χ3v) is 4.50. The summed E-state index contributed by atoms with van der Waals surface area (Å²) in [5.74, 6) is 0. The largest absolute Gasteiger partial charge is 0.375 e. The quantitative estimate of drug-likeness (QED) is 0.876. The molecule has 6 nitrogen and oxygen atoms in total. The van der Waals surface area contributed by atoms with Crippen molar-refractivity contribution < 1.29 is 13.2 Å². The van der Waals surface area contributed by atoms with Gasteiger partial charge in [0.25, 0.3) is 10.0 Å². The van der Waals surface area contributed by atoms with Crippen LogP contribution in [0, 0.1) is 0 Å². The fourth-order valence-corrected chi connectivity index (χ4v) is 2.94. The number of aromatic nitrogens is 2. The lowest BCUT2D eigenvalue weighted by atomic mass is 10.1. The van der Waals surface area contributed by atoms with E-state index < -0.39 is 16.1 Å². The molecule has 0 bridgehead atoms. The van der Waals surface area contributed by atoms with Crippen LogP contribution >= 0.6 is 11.6 Å². The number of hydrogen-bond acceptors (Lipinski definition) is 4. The Hall–Kier alpha value is -1.41. The van der Waals surface area contributed by atoms with E-state index in [0.29, 0.717) is 5.02 Å². The summed E-state index contributed by atoms with van der Waals surface area (Å²) in [6.45, 7) is 0.108. The summed E-state index contributed by atoms with van der Waals surface area (Å²) in [5.41, 5.74) is 0.839. The predicted octanol–water partition coefficient (Wildman–Crippen LogP) is 1.74. The Kier molecular flexibility index (Phi) is 5.00. The van der Waals surface area contributed by atoms with Gasteiger partial charge >= 0.3 is 0 Å². The van der Waals surface area contributed by atoms with E-state index in [9.17, 15) is 8.42 Å². The fourth-order valence-electron chi connectivity index (χ4n) is 1.80. The van der Waals surface area contributed by atoms with Crippen molar-refractivity contribution >= 4 is 21.6 Å². The Morgan fingerprint density at radius 2 is 2.05 bits per heavy atom. The van der Waals surface area contributed by atoms with Crippen LogP contribution in [-0.4, -0.2) is 31.6 Å². The number of nitrogens with one attached hydrogen (secondary N) is 1. The maximum Gasteiger partial charge on any atom is 0.259 e. The number of nitrogens with zero attached hydrogens (tertiary/aromatic N) is 2. The van der Waals surface area contributed by atoms with Gasteiger partial charge < -0.3 is 9.30 Å². The van der Waals surface area contributed by atoms with Gasteiger partial charge in [0.05, 0.1) is 12.4 Å². The SMILES string of the molecule is CO[C@H](CNS(=O)(=O)c1cn(C)cn1)c1ccc(Cl)cc1. The molecule has 0 aliphatic heterocycles. The van der Waals surface area contributed by atoms with E-state index >= 15 is 0 Å². The third-order valence-electron chi connectivity index (χ3n) is 2.94. The number of aryl methyl sites for hydroxylation is 1. The minimum Gasteiger partial charge on any atom is -0.375 e. The smallest absolute Gasteiger partial charge is 0.259 e. The summed E-state index contributed by atoms with van der Waals surface area (Å²) >= 11 is 5.83. The number of hydrogen-bond donors (Lipinski definition) is 1. The van der Waals surface area contributed by atoms with E-state index in [1.807, 2.05) is 0 Å². The molecule has 0 saturated carbocycles. The number of ether oxygens (including phenoxy) is 1. The first-order chi connectivity index (χ1) is 9.92. The second-order valence-corrected chi connectivity index (χ2v) is 6.66. The maximum atomic E-state index is 12.1. The molecular formula is C13H16ClN3O3S. The van der Waals surface area contributed by atoms with Crippen molar-refractivity contribution in [1.82, 2.24) is 14.3 Å². The molecule has 0 fully saturated rings. The van der Waals surface area contributed by atoms with Gasteiger partial charge in [-0.2, -0.15) is 0 Å². The average Bonchev–Trinajstić information content (AvgIpc) is 2.89. The van der Waals surface area contributed by atoms with Crippen molar-refractivity contribution in [3.63, 3.8) is 0 Å². The lowest BCUT2D eigenvalue weighted by Crippen LogP contribution is -2.29. The van der Waals surface area contributed by atoms with Crippen molar-refractivity contribution in [1.29, 1.82) is 0 Å². The molecule has 0 saturated heterocycles. The second kappa shape index (κ2) is 6.57. The molecular weight excluding hydrogens is 314 g/mol. The van der Waals surface area contributed by atoms with Crippen LogP contribution in [0.4, 0.5) is 0 Å². The van der Waals surface area contributed by atoms with Crippen LogP contribution in [0.2, 0.25) is 5.02 Å². The highest BCUT2D eigenvalue weighted by Gasteiger charge is 2.19. The second-order valence-electron chi connectivity index (χ2n) is 4.51. The third kappa shape index (κ3) is 4.04. The summed E-state index contributed by atoms with van der Waals surface area (Å²) < 4.78 is 33.6. The Morgan fingerprint density at radius 3 is 2.57 bits per heavy atom. The molecule has 1 N–H and O–H groups in total. The van der Waals surface area contributed by atoms with E-state index in [-0.39, 0.29) is 11.6 Å². The molecule has 2 aromatic rings. The van der Waals surface area contributed by atoms with E-state index in [4.69, 9.17) is 16.3 Å². The Morgan fingerprint density at radius 1 is 1.38 bits per heavy atom. The Bertz CT molecular complexity index is 698. The van der Waals surface area contributed by atoms with Crippen LogP contribution < -0.4 is 4.72 Å². The summed E-state index contributed by atoms with van der Waals surface area (Å²) in [7, 11) is -0.421. The minimum atomic E-state index is -3.65. The zero-order valence-electron chi connectivity index (χ0n) is 11.7. The zero-order valence-corrected chi connectivity index (χ0v) is 13.2. The van der Waals surface area contributed by atoms with E-state index in [0.717, 1.165) is 5.56 Å². The number of imidazole rings is 1. The van der Waals surface area contributed by atoms with Crippen LogP contribution in [-0.2, 0) is 21.8 Å². The minimum absolute atomic E-state index is 0.0176. The molecule has 0 spiro atoms. The summed E-state index contributed by atoms with van der Waals surface area (Å²) in [5, 5.41) is 0.596. The van der Waals surface area contributed by atoms with Gasteiger partial charge in [-0.25, -0.2) is 18.1 Å². The van der Waals surface area contributed by atoms with Gasteiger partial charge in [-0.15, -0.1) is 0 Å². The fraction of sp³-hybridized carbons (Fsp3) is 0.308. The average molecular weight is 330 g/mol. The first-order valence-electron chi connectivity index (χ1n) is 6.18. The molecule has 0 radical (unpaired) electrons. The molecule has 1 atom stereocenters. The van der Waals surface area contributed by atoms with E-state index in [1.54, 1.807) is 35.9 Å². The number of benzene rings is 1. The van der Waals surface area contributed by atoms with Gasteiger partial charge in [-0.3, -0.25) is 0 Å². The monoisotopic (exact) mass is 329 g/mol. The van der Waals surface area contributed by atoms with Gasteiger partial charge in [0.15, 0.2) is 5.03 Å². The molecule has 0 amide bonds. The van der Waals surface area contributed by atoms with Crippen LogP contribution in [0.3, 0.4) is 0 Å². The number of rotatable bonds is 6. The molecule has 21 heavy (non-hydrogen) atoms. The summed E-state index contributed by atoms with van der Waals surface area (Å²) in [6.07, 6.45) is 2.47. The van der Waals surface area contributed by atoms with Gasteiger partial charge in [-0.1, -0.05) is 23.7 Å². The van der Waals surface area contributed by atoms with E-state index in [2.05, 4.69) is 9.71 Å². The lowest BCUT2D eigenvalue weighted by molar-refractivity contribution is 0.107. The summed E-state index contributed by atoms with van der Waals surface area (Å²) in [4.78, 5) is 3.83. The first kappa shape index (κ1) is 16.0. The van der Waals surface area contributed by atoms with Crippen LogP contribution in [0.15, 0.2) is 41.8 Å². The summed E-state index contributed by atoms with van der Waals surface area (Å²) in [6, 6.07) is 7.06.